The Morgan fingerprint density at radius 2 is 1.62 bits per heavy atom. The van der Waals surface area contributed by atoms with E-state index in [0.717, 1.165) is 16.6 Å². The Labute approximate surface area is 125 Å². The van der Waals surface area contributed by atoms with Crippen molar-refractivity contribution < 1.29 is 0 Å². The molecular weight excluding hydrogens is 256 g/mol. The number of nitrogens with zero attached hydrogens (tertiary/aromatic N) is 1. The predicted molar refractivity (Wildman–Crippen MR) is 88.4 cm³/mol. The van der Waals surface area contributed by atoms with E-state index in [1.807, 2.05) is 24.4 Å². The first-order chi connectivity index (χ1) is 10.1. The van der Waals surface area contributed by atoms with E-state index in [0.29, 0.717) is 0 Å². The molecule has 2 heteroatoms. The summed E-state index contributed by atoms with van der Waals surface area (Å²) in [6.45, 7) is 6.38. The van der Waals surface area contributed by atoms with Crippen LogP contribution in [0.1, 0.15) is 34.0 Å². The lowest BCUT2D eigenvalue weighted by Crippen LogP contribution is -2.15. The summed E-state index contributed by atoms with van der Waals surface area (Å²) >= 11 is 0. The summed E-state index contributed by atoms with van der Waals surface area (Å²) in [6.07, 6.45) is 1.84. The van der Waals surface area contributed by atoms with Gasteiger partial charge in [-0.15, -0.1) is 0 Å². The van der Waals surface area contributed by atoms with Gasteiger partial charge in [0.1, 0.15) is 0 Å². The van der Waals surface area contributed by atoms with E-state index >= 15 is 0 Å². The molecule has 3 rings (SSSR count). The van der Waals surface area contributed by atoms with Gasteiger partial charge in [-0.25, -0.2) is 0 Å². The first-order valence-corrected chi connectivity index (χ1v) is 7.25. The van der Waals surface area contributed by atoms with Gasteiger partial charge in [0.05, 0.1) is 11.7 Å². The summed E-state index contributed by atoms with van der Waals surface area (Å²) in [7, 11) is 0. The highest BCUT2D eigenvalue weighted by Gasteiger charge is 2.16. The van der Waals surface area contributed by atoms with Crippen molar-refractivity contribution in [3.8, 4) is 0 Å². The third kappa shape index (κ3) is 2.43. The molecule has 0 aliphatic heterocycles. The van der Waals surface area contributed by atoms with Gasteiger partial charge in [-0.05, 0) is 54.5 Å². The summed E-state index contributed by atoms with van der Waals surface area (Å²) in [5.74, 6) is 0. The van der Waals surface area contributed by atoms with Crippen LogP contribution in [-0.4, -0.2) is 4.98 Å². The van der Waals surface area contributed by atoms with Crippen LogP contribution >= 0.6 is 0 Å². The molecule has 0 saturated carbocycles. The minimum absolute atomic E-state index is 0.199. The molecule has 0 aliphatic rings. The number of hydrogen-bond donors (Lipinski definition) is 1. The van der Waals surface area contributed by atoms with Gasteiger partial charge in [0.2, 0.25) is 0 Å². The minimum Gasteiger partial charge on any atom is -0.319 e. The molecule has 1 unspecified atom stereocenters. The lowest BCUT2D eigenvalue weighted by Gasteiger charge is -2.18. The van der Waals surface area contributed by atoms with Crippen molar-refractivity contribution in [1.82, 2.24) is 4.98 Å². The zero-order chi connectivity index (χ0) is 15.0. The number of nitrogens with two attached hydrogens (primary N) is 1. The number of fused-ring (bicyclic) bond motifs is 1. The van der Waals surface area contributed by atoms with Gasteiger partial charge in [-0.1, -0.05) is 36.4 Å². The Kier molecular flexibility index (Phi) is 3.48. The molecule has 0 fully saturated rings. The number of hydrogen-bond acceptors (Lipinski definition) is 2. The van der Waals surface area contributed by atoms with E-state index in [-0.39, 0.29) is 6.04 Å². The second-order valence-electron chi connectivity index (χ2n) is 5.69. The standard InChI is InChI=1S/C19H20N2/c1-12-10-14(3)17(11-13(12)2)18(20)19-16-7-5-4-6-15(16)8-9-21-19/h4-11,18H,20H2,1-3H3. The highest BCUT2D eigenvalue weighted by atomic mass is 14.8. The molecule has 3 aromatic rings. The van der Waals surface area contributed by atoms with Crippen molar-refractivity contribution in [3.63, 3.8) is 0 Å². The van der Waals surface area contributed by atoms with Crippen LogP contribution in [0.15, 0.2) is 48.7 Å². The molecule has 1 aromatic heterocycles. The lowest BCUT2D eigenvalue weighted by atomic mass is 9.93. The topological polar surface area (TPSA) is 38.9 Å². The fraction of sp³-hybridized carbons (Fsp3) is 0.211. The summed E-state index contributed by atoms with van der Waals surface area (Å²) in [6, 6.07) is 14.5. The van der Waals surface area contributed by atoms with Gasteiger partial charge in [-0.3, -0.25) is 4.98 Å². The van der Waals surface area contributed by atoms with Crippen molar-refractivity contribution in [3.05, 3.63) is 76.6 Å². The van der Waals surface area contributed by atoms with Gasteiger partial charge in [-0.2, -0.15) is 0 Å². The molecular formula is C19H20N2. The van der Waals surface area contributed by atoms with E-state index in [1.54, 1.807) is 0 Å². The Balaban J connectivity index is 2.17. The van der Waals surface area contributed by atoms with E-state index in [4.69, 9.17) is 5.73 Å². The zero-order valence-corrected chi connectivity index (χ0v) is 12.7. The zero-order valence-electron chi connectivity index (χ0n) is 12.7. The average molecular weight is 276 g/mol. The van der Waals surface area contributed by atoms with E-state index < -0.39 is 0 Å². The molecule has 0 bridgehead atoms. The molecule has 0 amide bonds. The average Bonchev–Trinajstić information content (AvgIpc) is 2.49. The van der Waals surface area contributed by atoms with Gasteiger partial charge < -0.3 is 5.73 Å². The van der Waals surface area contributed by atoms with Gasteiger partial charge >= 0.3 is 0 Å². The smallest absolute Gasteiger partial charge is 0.0735 e. The number of aromatic nitrogens is 1. The molecule has 106 valence electrons. The largest absolute Gasteiger partial charge is 0.319 e. The van der Waals surface area contributed by atoms with Crippen molar-refractivity contribution in [2.75, 3.05) is 0 Å². The van der Waals surface area contributed by atoms with Crippen molar-refractivity contribution >= 4 is 10.8 Å². The summed E-state index contributed by atoms with van der Waals surface area (Å²) in [5.41, 5.74) is 12.4. The first-order valence-electron chi connectivity index (χ1n) is 7.25. The van der Waals surface area contributed by atoms with Crippen molar-refractivity contribution in [1.29, 1.82) is 0 Å². The van der Waals surface area contributed by atoms with Gasteiger partial charge in [0.15, 0.2) is 0 Å². The van der Waals surface area contributed by atoms with E-state index in [9.17, 15) is 0 Å². The molecule has 0 saturated heterocycles. The monoisotopic (exact) mass is 276 g/mol. The Morgan fingerprint density at radius 1 is 0.905 bits per heavy atom. The second kappa shape index (κ2) is 5.30. The van der Waals surface area contributed by atoms with Gasteiger partial charge in [0.25, 0.3) is 0 Å². The Bertz CT molecular complexity index is 801. The molecule has 0 aliphatic carbocycles. The van der Waals surface area contributed by atoms with E-state index in [2.05, 4.69) is 50.0 Å². The van der Waals surface area contributed by atoms with Crippen LogP contribution in [0.3, 0.4) is 0 Å². The summed E-state index contributed by atoms with van der Waals surface area (Å²) < 4.78 is 0. The predicted octanol–water partition coefficient (Wildman–Crippen LogP) is 4.21. The fourth-order valence-corrected chi connectivity index (χ4v) is 2.86. The third-order valence-corrected chi connectivity index (χ3v) is 4.22. The van der Waals surface area contributed by atoms with Crippen LogP contribution < -0.4 is 5.73 Å². The van der Waals surface area contributed by atoms with Crippen LogP contribution in [0.2, 0.25) is 0 Å². The number of benzene rings is 2. The maximum Gasteiger partial charge on any atom is 0.0735 e. The maximum absolute atomic E-state index is 6.54. The van der Waals surface area contributed by atoms with Crippen LogP contribution in [-0.2, 0) is 0 Å². The van der Waals surface area contributed by atoms with Crippen LogP contribution in [0.5, 0.6) is 0 Å². The molecule has 0 radical (unpaired) electrons. The Morgan fingerprint density at radius 3 is 2.43 bits per heavy atom. The van der Waals surface area contributed by atoms with Crippen molar-refractivity contribution in [2.24, 2.45) is 5.73 Å². The normalized spacial score (nSPS) is 12.6. The highest BCUT2D eigenvalue weighted by molar-refractivity contribution is 5.85. The van der Waals surface area contributed by atoms with Crippen LogP contribution in [0.25, 0.3) is 10.8 Å². The van der Waals surface area contributed by atoms with Crippen LogP contribution in [0.4, 0.5) is 0 Å². The number of aryl methyl sites for hydroxylation is 3. The first kappa shape index (κ1) is 13.8. The molecule has 2 nitrogen and oxygen atoms in total. The third-order valence-electron chi connectivity index (χ3n) is 4.22. The fourth-order valence-electron chi connectivity index (χ4n) is 2.86. The summed E-state index contributed by atoms with van der Waals surface area (Å²) in [4.78, 5) is 4.55. The summed E-state index contributed by atoms with van der Waals surface area (Å²) in [5, 5.41) is 2.31. The minimum atomic E-state index is -0.199. The van der Waals surface area contributed by atoms with Crippen molar-refractivity contribution in [2.45, 2.75) is 26.8 Å². The number of pyridine rings is 1. The maximum atomic E-state index is 6.54. The molecule has 21 heavy (non-hydrogen) atoms. The Hall–Kier alpha value is -2.19. The number of rotatable bonds is 2. The molecule has 1 heterocycles. The van der Waals surface area contributed by atoms with Crippen LogP contribution in [0, 0.1) is 20.8 Å². The molecule has 1 atom stereocenters. The molecule has 0 spiro atoms. The quantitative estimate of drug-likeness (QED) is 0.761. The molecule has 2 N–H and O–H groups in total. The highest BCUT2D eigenvalue weighted by Crippen LogP contribution is 2.28. The van der Waals surface area contributed by atoms with Gasteiger partial charge in [0, 0.05) is 11.6 Å². The van der Waals surface area contributed by atoms with E-state index in [1.165, 1.54) is 22.1 Å². The lowest BCUT2D eigenvalue weighted by molar-refractivity contribution is 0.829. The SMILES string of the molecule is Cc1cc(C)c(C(N)c2nccc3ccccc23)cc1C. The second-order valence-corrected chi connectivity index (χ2v) is 5.69. The molecule has 2 aromatic carbocycles.